The van der Waals surface area contributed by atoms with Gasteiger partial charge in [0.05, 0.1) is 5.52 Å². The molecule has 14 rings (SSSR count). The van der Waals surface area contributed by atoms with E-state index in [1.54, 1.807) is 0 Å². The number of hydrogen-bond acceptors (Lipinski definition) is 4. The molecule has 0 radical (unpaired) electrons. The number of nitrogens with zero attached hydrogens (tertiary/aromatic N) is 3. The van der Waals surface area contributed by atoms with Gasteiger partial charge < -0.3 is 14.0 Å². The van der Waals surface area contributed by atoms with Crippen molar-refractivity contribution in [3.63, 3.8) is 0 Å². The molecule has 2 aromatic heterocycles. The van der Waals surface area contributed by atoms with Crippen LogP contribution in [-0.4, -0.2) is 23.0 Å². The van der Waals surface area contributed by atoms with Gasteiger partial charge in [0.2, 0.25) is 5.88 Å². The fraction of sp³-hybridized carbons (Fsp3) is 0.0238. The maximum atomic E-state index is 6.89. The van der Waals surface area contributed by atoms with E-state index in [2.05, 4.69) is 137 Å². The molecule has 0 N–H and O–H groups in total. The van der Waals surface area contributed by atoms with E-state index in [1.807, 2.05) is 0 Å². The van der Waals surface area contributed by atoms with E-state index in [1.165, 1.54) is 65.9 Å². The second-order valence-corrected chi connectivity index (χ2v) is 13.9. The number of fused-ring (bicyclic) bond motifs is 9. The predicted molar refractivity (Wildman–Crippen MR) is 198 cm³/mol. The molecule has 4 aliphatic heterocycles. The van der Waals surface area contributed by atoms with Gasteiger partial charge in [-0.2, -0.15) is 4.98 Å². The van der Waals surface area contributed by atoms with Gasteiger partial charge in [-0.25, -0.2) is 0 Å². The van der Waals surface area contributed by atoms with Crippen LogP contribution in [0.5, 0.6) is 23.1 Å². The zero-order chi connectivity index (χ0) is 31.5. The molecule has 6 aromatic carbocycles. The Kier molecular flexibility index (Phi) is 4.29. The zero-order valence-electron chi connectivity index (χ0n) is 26.1. The summed E-state index contributed by atoms with van der Waals surface area (Å²) in [5.41, 5.74) is 15.7. The van der Waals surface area contributed by atoms with E-state index in [4.69, 9.17) is 14.5 Å². The van der Waals surface area contributed by atoms with Crippen LogP contribution in [0.4, 0.5) is 17.2 Å². The SMILES string of the molecule is c1ccc(N2c3cccc4c3B(c3cc5c(nc32)Oc2cccc3c2B5c2cccc5c6ccccc6n-3c25)c2cc3cc(c2O4)C3)cc1. The summed E-state index contributed by atoms with van der Waals surface area (Å²) in [6, 6.07) is 46.0. The average molecular weight is 623 g/mol. The maximum Gasteiger partial charge on any atom is 0.258 e. The zero-order valence-corrected chi connectivity index (χ0v) is 26.1. The monoisotopic (exact) mass is 623 g/mol. The lowest BCUT2D eigenvalue weighted by Gasteiger charge is -2.41. The van der Waals surface area contributed by atoms with Gasteiger partial charge in [0.15, 0.2) is 0 Å². The summed E-state index contributed by atoms with van der Waals surface area (Å²) in [6.07, 6.45) is 0.972. The number of para-hydroxylation sites is 3. The molecule has 2 aliphatic carbocycles. The van der Waals surface area contributed by atoms with Crippen molar-refractivity contribution >= 4 is 85.2 Å². The van der Waals surface area contributed by atoms with Crippen molar-refractivity contribution in [1.82, 2.24) is 9.55 Å². The number of rotatable bonds is 1. The van der Waals surface area contributed by atoms with Crippen LogP contribution in [0, 0.1) is 0 Å². The second-order valence-electron chi connectivity index (χ2n) is 13.9. The first-order valence-corrected chi connectivity index (χ1v) is 17.0. The molecular formula is C42H23B2N3O2. The minimum Gasteiger partial charge on any atom is -0.458 e. The number of pyridine rings is 1. The van der Waals surface area contributed by atoms with Gasteiger partial charge in [-0.3, -0.25) is 4.90 Å². The second kappa shape index (κ2) is 8.44. The highest BCUT2D eigenvalue weighted by molar-refractivity contribution is 7.02. The van der Waals surface area contributed by atoms with Crippen LogP contribution in [0.25, 0.3) is 27.5 Å². The van der Waals surface area contributed by atoms with Crippen molar-refractivity contribution in [2.24, 2.45) is 0 Å². The van der Waals surface area contributed by atoms with E-state index in [0.717, 1.165) is 46.3 Å². The van der Waals surface area contributed by atoms with Crippen molar-refractivity contribution in [1.29, 1.82) is 0 Å². The van der Waals surface area contributed by atoms with E-state index in [9.17, 15) is 0 Å². The van der Waals surface area contributed by atoms with E-state index in [-0.39, 0.29) is 13.4 Å². The normalized spacial score (nSPS) is 14.7. The number of hydrogen-bond donors (Lipinski definition) is 0. The molecular weight excluding hydrogens is 600 g/mol. The molecule has 49 heavy (non-hydrogen) atoms. The summed E-state index contributed by atoms with van der Waals surface area (Å²) >= 11 is 0. The van der Waals surface area contributed by atoms with Gasteiger partial charge in [0.1, 0.15) is 23.1 Å². The molecule has 0 unspecified atom stereocenters. The molecule has 0 atom stereocenters. The third-order valence-electron chi connectivity index (χ3n) is 11.4. The summed E-state index contributed by atoms with van der Waals surface area (Å²) in [4.78, 5) is 7.84. The molecule has 0 spiro atoms. The summed E-state index contributed by atoms with van der Waals surface area (Å²) in [5.74, 6) is 4.38. The minimum atomic E-state index is -0.0239. The minimum absolute atomic E-state index is 0.0100. The number of anilines is 3. The molecule has 5 nitrogen and oxygen atoms in total. The molecule has 0 fully saturated rings. The predicted octanol–water partition coefficient (Wildman–Crippen LogP) is 5.42. The van der Waals surface area contributed by atoms with Crippen LogP contribution in [0.1, 0.15) is 11.1 Å². The van der Waals surface area contributed by atoms with Crippen molar-refractivity contribution in [2.45, 2.75) is 6.42 Å². The first kappa shape index (κ1) is 24.9. The largest absolute Gasteiger partial charge is 0.458 e. The highest BCUT2D eigenvalue weighted by atomic mass is 16.5. The topological polar surface area (TPSA) is 39.5 Å². The number of aromatic nitrogens is 2. The quantitative estimate of drug-likeness (QED) is 0.229. The molecule has 7 heteroatoms. The molecule has 6 heterocycles. The molecule has 2 bridgehead atoms. The fourth-order valence-electron chi connectivity index (χ4n) is 9.51. The van der Waals surface area contributed by atoms with Crippen LogP contribution < -0.4 is 47.2 Å². The van der Waals surface area contributed by atoms with Crippen molar-refractivity contribution in [3.05, 3.63) is 139 Å². The highest BCUT2D eigenvalue weighted by Gasteiger charge is 2.47. The summed E-state index contributed by atoms with van der Waals surface area (Å²) in [7, 11) is 0. The van der Waals surface area contributed by atoms with Crippen molar-refractivity contribution < 1.29 is 9.47 Å². The Morgan fingerprint density at radius 3 is 2.22 bits per heavy atom. The third kappa shape index (κ3) is 2.91. The Morgan fingerprint density at radius 1 is 0.592 bits per heavy atom. The van der Waals surface area contributed by atoms with Gasteiger partial charge >= 0.3 is 0 Å². The van der Waals surface area contributed by atoms with E-state index < -0.39 is 0 Å². The van der Waals surface area contributed by atoms with E-state index >= 15 is 0 Å². The summed E-state index contributed by atoms with van der Waals surface area (Å²) in [6.45, 7) is -0.0339. The van der Waals surface area contributed by atoms with Crippen LogP contribution in [0.2, 0.25) is 0 Å². The lowest BCUT2D eigenvalue weighted by Crippen LogP contribution is -2.63. The lowest BCUT2D eigenvalue weighted by atomic mass is 9.31. The number of benzene rings is 6. The molecule has 0 saturated carbocycles. The number of ether oxygens (including phenoxy) is 2. The molecule has 6 aliphatic rings. The molecule has 8 aromatic rings. The Bertz CT molecular complexity index is 2850. The fourth-order valence-corrected chi connectivity index (χ4v) is 9.51. The molecule has 0 saturated heterocycles. The third-order valence-corrected chi connectivity index (χ3v) is 11.4. The van der Waals surface area contributed by atoms with Crippen LogP contribution in [0.3, 0.4) is 0 Å². The van der Waals surface area contributed by atoms with Gasteiger partial charge in [-0.1, -0.05) is 84.9 Å². The Hall–Kier alpha value is -6.20. The maximum absolute atomic E-state index is 6.89. The Balaban J connectivity index is 1.14. The van der Waals surface area contributed by atoms with E-state index in [0.29, 0.717) is 5.88 Å². The highest BCUT2D eigenvalue weighted by Crippen LogP contribution is 2.44. The van der Waals surface area contributed by atoms with Crippen LogP contribution >= 0.6 is 0 Å². The van der Waals surface area contributed by atoms with Crippen LogP contribution in [0.15, 0.2) is 127 Å². The van der Waals surface area contributed by atoms with Gasteiger partial charge in [-0.05, 0) is 86.4 Å². The average Bonchev–Trinajstić information content (AvgIpc) is 3.47. The van der Waals surface area contributed by atoms with Crippen molar-refractivity contribution in [3.8, 4) is 28.8 Å². The standard InChI is InChI=1S/C42H23B2N3O2/c1-2-9-25(10-3-1)46-33-15-7-17-35-37(33)44(29-21-23-19-24(20-23)40(29)48-35)30-22-31-42(45-41(30)46)49-36-18-8-16-34-38(36)43(31)28-13-6-12-27-26-11-4-5-14-32(26)47(34)39(27)28/h1-19,21-22H,20H2. The molecule has 224 valence electrons. The van der Waals surface area contributed by atoms with Gasteiger partial charge in [0.25, 0.3) is 13.4 Å². The lowest BCUT2D eigenvalue weighted by molar-refractivity contribution is 0.468. The first-order valence-electron chi connectivity index (χ1n) is 17.0. The molecule has 0 amide bonds. The summed E-state index contributed by atoms with van der Waals surface area (Å²) in [5, 5.41) is 2.54. The van der Waals surface area contributed by atoms with Gasteiger partial charge in [-0.15, -0.1) is 0 Å². The van der Waals surface area contributed by atoms with Crippen LogP contribution in [-0.2, 0) is 6.42 Å². The van der Waals surface area contributed by atoms with Gasteiger partial charge in [0, 0.05) is 39.8 Å². The Morgan fingerprint density at radius 2 is 1.33 bits per heavy atom. The first-order chi connectivity index (χ1) is 24.3. The Labute approximate surface area is 282 Å². The smallest absolute Gasteiger partial charge is 0.258 e. The van der Waals surface area contributed by atoms with Crippen molar-refractivity contribution in [2.75, 3.05) is 4.90 Å². The summed E-state index contributed by atoms with van der Waals surface area (Å²) < 4.78 is 16.1.